The summed E-state index contributed by atoms with van der Waals surface area (Å²) in [5, 5.41) is 0.332. The SMILES string of the molecule is CCn1cnc(S(=O)(=O)N(C)CC2CC(Cl)C2)c1. The van der Waals surface area contributed by atoms with Gasteiger partial charge < -0.3 is 4.57 Å². The Morgan fingerprint density at radius 2 is 2.22 bits per heavy atom. The molecule has 0 spiro atoms. The number of rotatable bonds is 5. The predicted molar refractivity (Wildman–Crippen MR) is 70.1 cm³/mol. The summed E-state index contributed by atoms with van der Waals surface area (Å²) in [4.78, 5) is 3.95. The summed E-state index contributed by atoms with van der Waals surface area (Å²) in [7, 11) is -1.86. The molecule has 0 N–H and O–H groups in total. The highest BCUT2D eigenvalue weighted by atomic mass is 35.5. The van der Waals surface area contributed by atoms with Gasteiger partial charge in [0.2, 0.25) is 0 Å². The highest BCUT2D eigenvalue weighted by Crippen LogP contribution is 2.33. The number of alkyl halides is 1. The van der Waals surface area contributed by atoms with Crippen LogP contribution in [0.5, 0.6) is 0 Å². The molecule has 1 fully saturated rings. The third-order valence-corrected chi connectivity index (χ3v) is 5.41. The van der Waals surface area contributed by atoms with Crippen molar-refractivity contribution in [2.24, 2.45) is 5.92 Å². The highest BCUT2D eigenvalue weighted by Gasteiger charge is 2.32. The molecule has 0 unspecified atom stereocenters. The molecule has 0 radical (unpaired) electrons. The van der Waals surface area contributed by atoms with E-state index >= 15 is 0 Å². The Balaban J connectivity index is 2.05. The normalized spacial score (nSPS) is 24.2. The molecule has 102 valence electrons. The van der Waals surface area contributed by atoms with Crippen molar-refractivity contribution < 1.29 is 8.42 Å². The average Bonchev–Trinajstić information content (AvgIpc) is 2.75. The van der Waals surface area contributed by atoms with Crippen molar-refractivity contribution >= 4 is 21.6 Å². The van der Waals surface area contributed by atoms with E-state index < -0.39 is 10.0 Å². The summed E-state index contributed by atoms with van der Waals surface area (Å²) in [5.74, 6) is 0.375. The van der Waals surface area contributed by atoms with Crippen LogP contribution in [-0.4, -0.2) is 41.2 Å². The van der Waals surface area contributed by atoms with E-state index in [0.29, 0.717) is 19.0 Å². The molecule has 1 aliphatic carbocycles. The van der Waals surface area contributed by atoms with Gasteiger partial charge in [0.1, 0.15) is 0 Å². The van der Waals surface area contributed by atoms with Crippen LogP contribution in [0, 0.1) is 5.92 Å². The van der Waals surface area contributed by atoms with Crippen LogP contribution >= 0.6 is 11.6 Å². The van der Waals surface area contributed by atoms with Crippen LogP contribution in [0.3, 0.4) is 0 Å². The molecule has 2 rings (SSSR count). The molecule has 0 amide bonds. The Kier molecular flexibility index (Phi) is 3.99. The van der Waals surface area contributed by atoms with Crippen molar-refractivity contribution in [2.45, 2.75) is 36.7 Å². The van der Waals surface area contributed by atoms with Gasteiger partial charge in [-0.05, 0) is 25.7 Å². The summed E-state index contributed by atoms with van der Waals surface area (Å²) >= 11 is 5.90. The van der Waals surface area contributed by atoms with Crippen LogP contribution < -0.4 is 0 Å². The van der Waals surface area contributed by atoms with Crippen molar-refractivity contribution in [3.05, 3.63) is 12.5 Å². The van der Waals surface area contributed by atoms with E-state index in [1.54, 1.807) is 24.1 Å². The number of imidazole rings is 1. The minimum absolute atomic E-state index is 0.119. The summed E-state index contributed by atoms with van der Waals surface area (Å²) in [6, 6.07) is 0. The van der Waals surface area contributed by atoms with Gasteiger partial charge >= 0.3 is 0 Å². The molecule has 0 aliphatic heterocycles. The number of hydrogen-bond donors (Lipinski definition) is 0. The lowest BCUT2D eigenvalue weighted by molar-refractivity contribution is 0.268. The number of nitrogens with zero attached hydrogens (tertiary/aromatic N) is 3. The van der Waals surface area contributed by atoms with Gasteiger partial charge in [0.15, 0.2) is 5.03 Å². The first-order valence-electron chi connectivity index (χ1n) is 6.05. The van der Waals surface area contributed by atoms with Gasteiger partial charge in [-0.15, -0.1) is 11.6 Å². The number of hydrogen-bond acceptors (Lipinski definition) is 3. The second-order valence-corrected chi connectivity index (χ2v) is 7.37. The minimum atomic E-state index is -3.46. The van der Waals surface area contributed by atoms with Gasteiger partial charge in [0.05, 0.1) is 6.33 Å². The zero-order valence-corrected chi connectivity index (χ0v) is 12.2. The summed E-state index contributed by atoms with van der Waals surface area (Å²) in [5.41, 5.74) is 0. The van der Waals surface area contributed by atoms with E-state index in [4.69, 9.17) is 11.6 Å². The lowest BCUT2D eigenvalue weighted by Crippen LogP contribution is -2.38. The fourth-order valence-corrected chi connectivity index (χ4v) is 3.75. The second-order valence-electron chi connectivity index (χ2n) is 4.76. The van der Waals surface area contributed by atoms with Gasteiger partial charge in [-0.25, -0.2) is 13.4 Å². The molecule has 1 heterocycles. The molecular formula is C11H18ClN3O2S. The van der Waals surface area contributed by atoms with E-state index in [1.807, 2.05) is 6.92 Å². The number of aromatic nitrogens is 2. The van der Waals surface area contributed by atoms with Gasteiger partial charge in [-0.1, -0.05) is 0 Å². The topological polar surface area (TPSA) is 55.2 Å². The molecule has 0 saturated heterocycles. The smallest absolute Gasteiger partial charge is 0.261 e. The number of sulfonamides is 1. The zero-order valence-electron chi connectivity index (χ0n) is 10.6. The summed E-state index contributed by atoms with van der Waals surface area (Å²) < 4.78 is 27.6. The van der Waals surface area contributed by atoms with E-state index in [2.05, 4.69) is 4.98 Å². The summed E-state index contributed by atoms with van der Waals surface area (Å²) in [6.07, 6.45) is 4.89. The largest absolute Gasteiger partial charge is 0.336 e. The maximum atomic E-state index is 12.2. The first-order valence-corrected chi connectivity index (χ1v) is 7.93. The molecule has 1 aliphatic rings. The second kappa shape index (κ2) is 5.19. The van der Waals surface area contributed by atoms with Gasteiger partial charge in [-0.2, -0.15) is 4.31 Å². The average molecular weight is 292 g/mol. The Morgan fingerprint density at radius 3 is 2.72 bits per heavy atom. The fraction of sp³-hybridized carbons (Fsp3) is 0.727. The molecule has 5 nitrogen and oxygen atoms in total. The molecule has 0 aromatic carbocycles. The molecule has 1 saturated carbocycles. The third-order valence-electron chi connectivity index (χ3n) is 3.34. The molecule has 7 heteroatoms. The molecule has 0 atom stereocenters. The maximum Gasteiger partial charge on any atom is 0.261 e. The van der Waals surface area contributed by atoms with E-state index in [-0.39, 0.29) is 10.4 Å². The van der Waals surface area contributed by atoms with Gasteiger partial charge in [0.25, 0.3) is 10.0 Å². The van der Waals surface area contributed by atoms with Gasteiger partial charge in [-0.3, -0.25) is 0 Å². The first-order chi connectivity index (χ1) is 8.43. The van der Waals surface area contributed by atoms with Gasteiger partial charge in [0, 0.05) is 31.7 Å². The van der Waals surface area contributed by atoms with E-state index in [0.717, 1.165) is 12.8 Å². The van der Waals surface area contributed by atoms with Crippen molar-refractivity contribution in [1.82, 2.24) is 13.9 Å². The highest BCUT2D eigenvalue weighted by molar-refractivity contribution is 7.89. The standard InChI is InChI=1S/C11H18ClN3O2S/c1-3-15-7-11(13-8-15)18(16,17)14(2)6-9-4-10(12)5-9/h7-10H,3-6H2,1-2H3. The molecule has 1 aromatic heterocycles. The van der Waals surface area contributed by atoms with Crippen molar-refractivity contribution in [3.63, 3.8) is 0 Å². The Labute approximate surface area is 113 Å². The Morgan fingerprint density at radius 1 is 1.56 bits per heavy atom. The Hall–Kier alpha value is -0.590. The predicted octanol–water partition coefficient (Wildman–Crippen LogP) is 1.54. The number of halogens is 1. The molecule has 18 heavy (non-hydrogen) atoms. The Bertz CT molecular complexity index is 508. The van der Waals surface area contributed by atoms with Crippen LogP contribution in [0.1, 0.15) is 19.8 Å². The minimum Gasteiger partial charge on any atom is -0.336 e. The molecular weight excluding hydrogens is 274 g/mol. The van der Waals surface area contributed by atoms with Crippen molar-refractivity contribution in [1.29, 1.82) is 0 Å². The quantitative estimate of drug-likeness (QED) is 0.773. The third kappa shape index (κ3) is 2.70. The van der Waals surface area contributed by atoms with Crippen LogP contribution in [0.15, 0.2) is 17.6 Å². The fourth-order valence-electron chi connectivity index (χ4n) is 2.07. The summed E-state index contributed by atoms with van der Waals surface area (Å²) in [6.45, 7) is 3.17. The van der Waals surface area contributed by atoms with E-state index in [1.165, 1.54) is 4.31 Å². The monoisotopic (exact) mass is 291 g/mol. The lowest BCUT2D eigenvalue weighted by atomic mass is 9.85. The van der Waals surface area contributed by atoms with Crippen LogP contribution in [-0.2, 0) is 16.6 Å². The van der Waals surface area contributed by atoms with Crippen LogP contribution in [0.2, 0.25) is 0 Å². The van der Waals surface area contributed by atoms with Crippen molar-refractivity contribution in [3.8, 4) is 0 Å². The first kappa shape index (κ1) is 13.8. The van der Waals surface area contributed by atoms with E-state index in [9.17, 15) is 8.42 Å². The van der Waals surface area contributed by atoms with Crippen molar-refractivity contribution in [2.75, 3.05) is 13.6 Å². The zero-order chi connectivity index (χ0) is 13.3. The van der Waals surface area contributed by atoms with Crippen LogP contribution in [0.25, 0.3) is 0 Å². The maximum absolute atomic E-state index is 12.2. The number of aryl methyl sites for hydroxylation is 1. The van der Waals surface area contributed by atoms with Crippen LogP contribution in [0.4, 0.5) is 0 Å². The molecule has 0 bridgehead atoms. The molecule has 1 aromatic rings. The lowest BCUT2D eigenvalue weighted by Gasteiger charge is -2.33.